The summed E-state index contributed by atoms with van der Waals surface area (Å²) in [5.74, 6) is -0.873. The van der Waals surface area contributed by atoms with E-state index in [4.69, 9.17) is 11.5 Å². The Morgan fingerprint density at radius 1 is 0.500 bits per heavy atom. The molecule has 2 saturated heterocycles. The molecular weight excluding hydrogens is 408 g/mol. The molecule has 2 aromatic carbocycles. The summed E-state index contributed by atoms with van der Waals surface area (Å²) in [6.07, 6.45) is 4.30. The van der Waals surface area contributed by atoms with Gasteiger partial charge >= 0.3 is 0 Å². The van der Waals surface area contributed by atoms with Gasteiger partial charge in [-0.25, -0.2) is 0 Å². The molecule has 0 atom stereocenters. The first-order valence-electron chi connectivity index (χ1n) is 10.7. The molecule has 8 nitrogen and oxygen atoms in total. The van der Waals surface area contributed by atoms with Gasteiger partial charge in [-0.1, -0.05) is 0 Å². The van der Waals surface area contributed by atoms with E-state index in [-0.39, 0.29) is 11.8 Å². The number of nitrogens with two attached hydrogens (primary N) is 2. The lowest BCUT2D eigenvalue weighted by molar-refractivity contribution is 0.0785. The van der Waals surface area contributed by atoms with Crippen molar-refractivity contribution >= 4 is 23.6 Å². The molecule has 0 aromatic heterocycles. The zero-order chi connectivity index (χ0) is 23.1. The van der Waals surface area contributed by atoms with Gasteiger partial charge in [0.2, 0.25) is 11.8 Å². The maximum Gasteiger partial charge on any atom is 0.253 e. The number of nitrogens with zero attached hydrogens (tertiary/aromatic N) is 2. The Labute approximate surface area is 187 Å². The highest BCUT2D eigenvalue weighted by Crippen LogP contribution is 2.14. The first-order chi connectivity index (χ1) is 15.4. The van der Waals surface area contributed by atoms with E-state index in [0.717, 1.165) is 51.9 Å². The van der Waals surface area contributed by atoms with Crippen LogP contribution in [0.4, 0.5) is 0 Å². The largest absolute Gasteiger partial charge is 0.366 e. The smallest absolute Gasteiger partial charge is 0.253 e. The normalized spacial score (nSPS) is 15.1. The van der Waals surface area contributed by atoms with Crippen LogP contribution in [0.3, 0.4) is 0 Å². The Bertz CT molecular complexity index is 893. The van der Waals surface area contributed by atoms with Gasteiger partial charge in [-0.15, -0.1) is 0 Å². The van der Waals surface area contributed by atoms with Crippen LogP contribution < -0.4 is 11.5 Å². The minimum absolute atomic E-state index is 0.0357. The lowest BCUT2D eigenvalue weighted by atomic mass is 10.1. The van der Waals surface area contributed by atoms with Crippen molar-refractivity contribution in [3.8, 4) is 0 Å². The summed E-state index contributed by atoms with van der Waals surface area (Å²) in [4.78, 5) is 49.3. The predicted molar refractivity (Wildman–Crippen MR) is 120 cm³/mol. The van der Waals surface area contributed by atoms with Crippen molar-refractivity contribution in [2.75, 3.05) is 26.2 Å². The Kier molecular flexibility index (Phi) is 7.59. The van der Waals surface area contributed by atoms with Crippen molar-refractivity contribution in [1.29, 1.82) is 0 Å². The van der Waals surface area contributed by atoms with E-state index in [9.17, 15) is 19.2 Å². The maximum atomic E-state index is 11.9. The quantitative estimate of drug-likeness (QED) is 0.760. The zero-order valence-electron chi connectivity index (χ0n) is 18.0. The van der Waals surface area contributed by atoms with Crippen LogP contribution in [0.2, 0.25) is 0 Å². The van der Waals surface area contributed by atoms with Crippen LogP contribution >= 0.6 is 0 Å². The van der Waals surface area contributed by atoms with E-state index in [1.54, 1.807) is 48.5 Å². The van der Waals surface area contributed by atoms with Crippen molar-refractivity contribution in [2.24, 2.45) is 11.5 Å². The molecule has 2 heterocycles. The second-order valence-corrected chi connectivity index (χ2v) is 7.88. The lowest BCUT2D eigenvalue weighted by Gasteiger charge is -2.15. The molecule has 2 fully saturated rings. The van der Waals surface area contributed by atoms with E-state index in [2.05, 4.69) is 0 Å². The molecular formula is C24H28N4O4. The van der Waals surface area contributed by atoms with Crippen molar-refractivity contribution < 1.29 is 19.2 Å². The summed E-state index contributed by atoms with van der Waals surface area (Å²) in [5, 5.41) is 0. The number of hydrogen-bond donors (Lipinski definition) is 2. The number of primary amides is 2. The summed E-state index contributed by atoms with van der Waals surface area (Å²) in [7, 11) is 0. The van der Waals surface area contributed by atoms with Gasteiger partial charge in [0.05, 0.1) is 0 Å². The Morgan fingerprint density at radius 2 is 0.750 bits per heavy atom. The topological polar surface area (TPSA) is 127 Å². The second kappa shape index (κ2) is 10.6. The van der Waals surface area contributed by atoms with Gasteiger partial charge in [0, 0.05) is 48.4 Å². The van der Waals surface area contributed by atoms with Crippen LogP contribution in [0, 0.1) is 0 Å². The Balaban J connectivity index is 0.000000181. The van der Waals surface area contributed by atoms with Crippen LogP contribution in [0.1, 0.15) is 67.1 Å². The summed E-state index contributed by atoms with van der Waals surface area (Å²) in [5.41, 5.74) is 12.3. The van der Waals surface area contributed by atoms with Gasteiger partial charge in [-0.05, 0) is 74.2 Å². The molecule has 4 rings (SSSR count). The highest BCUT2D eigenvalue weighted by atomic mass is 16.2. The third-order valence-electron chi connectivity index (χ3n) is 5.62. The molecule has 168 valence electrons. The molecule has 8 heteroatoms. The SMILES string of the molecule is NC(=O)c1ccc(C(=O)N2CCCC2)cc1.NC(=O)c1ccc(C(=O)N2CCCC2)cc1. The highest BCUT2D eigenvalue weighted by molar-refractivity contribution is 5.98. The molecule has 0 bridgehead atoms. The van der Waals surface area contributed by atoms with Gasteiger partial charge in [0.1, 0.15) is 0 Å². The molecule has 0 aliphatic carbocycles. The van der Waals surface area contributed by atoms with Gasteiger partial charge in [-0.3, -0.25) is 19.2 Å². The average Bonchev–Trinajstić information content (AvgIpc) is 3.53. The monoisotopic (exact) mass is 436 g/mol. The first kappa shape index (κ1) is 23.0. The van der Waals surface area contributed by atoms with Crippen molar-refractivity contribution in [1.82, 2.24) is 9.80 Å². The van der Waals surface area contributed by atoms with Crippen LogP contribution in [0.15, 0.2) is 48.5 Å². The van der Waals surface area contributed by atoms with Crippen molar-refractivity contribution in [3.05, 3.63) is 70.8 Å². The third kappa shape index (κ3) is 5.72. The number of benzene rings is 2. The number of hydrogen-bond acceptors (Lipinski definition) is 4. The number of rotatable bonds is 4. The standard InChI is InChI=1S/2C12H14N2O2/c2*13-11(15)9-3-5-10(6-4-9)12(16)14-7-1-2-8-14/h2*3-6H,1-2,7-8H2,(H2,13,15). The van der Waals surface area contributed by atoms with E-state index in [1.165, 1.54) is 0 Å². The minimum atomic E-state index is -0.472. The van der Waals surface area contributed by atoms with Crippen molar-refractivity contribution in [3.63, 3.8) is 0 Å². The second-order valence-electron chi connectivity index (χ2n) is 7.88. The summed E-state index contributed by atoms with van der Waals surface area (Å²) in [6.45, 7) is 3.32. The lowest BCUT2D eigenvalue weighted by Crippen LogP contribution is -2.27. The molecule has 0 unspecified atom stereocenters. The molecule has 2 aromatic rings. The summed E-state index contributed by atoms with van der Waals surface area (Å²) < 4.78 is 0. The molecule has 2 aliphatic rings. The predicted octanol–water partition coefficient (Wildman–Crippen LogP) is 2.04. The Hall–Kier alpha value is -3.68. The fourth-order valence-corrected chi connectivity index (χ4v) is 3.76. The number of carbonyl (C=O) groups is 4. The molecule has 4 N–H and O–H groups in total. The number of carbonyl (C=O) groups excluding carboxylic acids is 4. The molecule has 0 radical (unpaired) electrons. The van der Waals surface area contributed by atoms with Crippen LogP contribution in [-0.2, 0) is 0 Å². The van der Waals surface area contributed by atoms with E-state index >= 15 is 0 Å². The van der Waals surface area contributed by atoms with Crippen LogP contribution in [-0.4, -0.2) is 59.6 Å². The highest BCUT2D eigenvalue weighted by Gasteiger charge is 2.20. The number of amides is 4. The molecule has 0 spiro atoms. The maximum absolute atomic E-state index is 11.9. The van der Waals surface area contributed by atoms with Gasteiger partial charge in [0.25, 0.3) is 11.8 Å². The van der Waals surface area contributed by atoms with Gasteiger partial charge in [0.15, 0.2) is 0 Å². The van der Waals surface area contributed by atoms with Crippen LogP contribution in [0.5, 0.6) is 0 Å². The van der Waals surface area contributed by atoms with Crippen LogP contribution in [0.25, 0.3) is 0 Å². The Morgan fingerprint density at radius 3 is 1.00 bits per heavy atom. The fraction of sp³-hybridized carbons (Fsp3) is 0.333. The summed E-state index contributed by atoms with van der Waals surface area (Å²) >= 11 is 0. The fourth-order valence-electron chi connectivity index (χ4n) is 3.76. The van der Waals surface area contributed by atoms with E-state index in [0.29, 0.717) is 22.3 Å². The molecule has 32 heavy (non-hydrogen) atoms. The molecule has 4 amide bonds. The third-order valence-corrected chi connectivity index (χ3v) is 5.62. The van der Waals surface area contributed by atoms with Gasteiger partial charge in [-0.2, -0.15) is 0 Å². The molecule has 0 saturated carbocycles. The van der Waals surface area contributed by atoms with Crippen molar-refractivity contribution in [2.45, 2.75) is 25.7 Å². The number of likely N-dealkylation sites (tertiary alicyclic amines) is 2. The summed E-state index contributed by atoms with van der Waals surface area (Å²) in [6, 6.07) is 13.0. The zero-order valence-corrected chi connectivity index (χ0v) is 18.0. The van der Waals surface area contributed by atoms with Gasteiger partial charge < -0.3 is 21.3 Å². The van der Waals surface area contributed by atoms with E-state index in [1.807, 2.05) is 9.80 Å². The first-order valence-corrected chi connectivity index (χ1v) is 10.7. The average molecular weight is 437 g/mol. The minimum Gasteiger partial charge on any atom is -0.366 e. The van der Waals surface area contributed by atoms with E-state index < -0.39 is 11.8 Å². The molecule has 2 aliphatic heterocycles.